The summed E-state index contributed by atoms with van der Waals surface area (Å²) in [5.74, 6) is 0.157. The Kier molecular flexibility index (Phi) is 6.96. The van der Waals surface area contributed by atoms with E-state index in [1.807, 2.05) is 0 Å². The minimum Gasteiger partial charge on any atom is -0.353 e. The minimum absolute atomic E-state index is 0.0203. The molecular formula is C15H27ClN2O3S. The maximum atomic E-state index is 12.4. The van der Waals surface area contributed by atoms with E-state index in [-0.39, 0.29) is 23.5 Å². The fraction of sp³-hybridized carbons (Fsp3) is 0.933. The molecule has 1 aliphatic carbocycles. The molecular weight excluding hydrogens is 324 g/mol. The van der Waals surface area contributed by atoms with Crippen molar-refractivity contribution in [1.82, 2.24) is 9.62 Å². The van der Waals surface area contributed by atoms with E-state index in [2.05, 4.69) is 5.32 Å². The molecule has 0 aromatic carbocycles. The van der Waals surface area contributed by atoms with Gasteiger partial charge in [-0.05, 0) is 25.7 Å². The maximum absolute atomic E-state index is 12.4. The number of sulfonamides is 1. The van der Waals surface area contributed by atoms with Crippen molar-refractivity contribution in [2.45, 2.75) is 57.4 Å². The predicted octanol–water partition coefficient (Wildman–Crippen LogP) is 2.11. The summed E-state index contributed by atoms with van der Waals surface area (Å²) in [6.07, 6.45) is 8.30. The van der Waals surface area contributed by atoms with E-state index in [1.54, 1.807) is 0 Å². The Labute approximate surface area is 138 Å². The molecule has 1 N–H and O–H groups in total. The summed E-state index contributed by atoms with van der Waals surface area (Å²) in [7, 11) is -3.24. The third-order valence-corrected chi connectivity index (χ3v) is 7.04. The smallest absolute Gasteiger partial charge is 0.223 e. The molecule has 0 unspecified atom stereocenters. The third-order valence-electron chi connectivity index (χ3n) is 4.75. The monoisotopic (exact) mass is 350 g/mol. The lowest BCUT2D eigenvalue weighted by Crippen LogP contribution is -2.45. The number of alkyl halides is 1. The Morgan fingerprint density at radius 3 is 2.18 bits per heavy atom. The molecule has 128 valence electrons. The van der Waals surface area contributed by atoms with Gasteiger partial charge in [-0.2, -0.15) is 0 Å². The predicted molar refractivity (Wildman–Crippen MR) is 88.4 cm³/mol. The van der Waals surface area contributed by atoms with Gasteiger partial charge in [0.1, 0.15) is 0 Å². The van der Waals surface area contributed by atoms with Gasteiger partial charge in [0.25, 0.3) is 0 Å². The van der Waals surface area contributed by atoms with Crippen LogP contribution in [-0.4, -0.2) is 49.4 Å². The van der Waals surface area contributed by atoms with Crippen molar-refractivity contribution in [2.75, 3.05) is 24.7 Å². The summed E-state index contributed by atoms with van der Waals surface area (Å²) >= 11 is 5.54. The van der Waals surface area contributed by atoms with Crippen LogP contribution in [0.1, 0.15) is 51.4 Å². The first-order chi connectivity index (χ1) is 10.5. The number of piperidine rings is 1. The van der Waals surface area contributed by atoms with Crippen molar-refractivity contribution < 1.29 is 13.2 Å². The van der Waals surface area contributed by atoms with Crippen molar-refractivity contribution in [2.24, 2.45) is 5.92 Å². The number of hydrogen-bond acceptors (Lipinski definition) is 3. The van der Waals surface area contributed by atoms with Crippen LogP contribution in [0.4, 0.5) is 0 Å². The number of nitrogens with zero attached hydrogens (tertiary/aromatic N) is 1. The van der Waals surface area contributed by atoms with Gasteiger partial charge in [-0.1, -0.05) is 25.7 Å². The molecule has 0 radical (unpaired) electrons. The molecule has 2 aliphatic rings. The molecule has 2 rings (SSSR count). The topological polar surface area (TPSA) is 66.5 Å². The number of hydrogen-bond donors (Lipinski definition) is 1. The Morgan fingerprint density at radius 2 is 1.64 bits per heavy atom. The normalized spacial score (nSPS) is 23.1. The van der Waals surface area contributed by atoms with Crippen molar-refractivity contribution >= 4 is 27.5 Å². The van der Waals surface area contributed by atoms with Crippen molar-refractivity contribution in [1.29, 1.82) is 0 Å². The summed E-state index contributed by atoms with van der Waals surface area (Å²) in [4.78, 5) is 12.4. The maximum Gasteiger partial charge on any atom is 0.223 e. The van der Waals surface area contributed by atoms with E-state index >= 15 is 0 Å². The molecule has 1 heterocycles. The highest BCUT2D eigenvalue weighted by Crippen LogP contribution is 2.22. The number of halogens is 1. The molecule has 1 aliphatic heterocycles. The molecule has 2 fully saturated rings. The fourth-order valence-electron chi connectivity index (χ4n) is 3.37. The average Bonchev–Trinajstić information content (AvgIpc) is 2.76. The van der Waals surface area contributed by atoms with Gasteiger partial charge in [0.15, 0.2) is 0 Å². The van der Waals surface area contributed by atoms with Gasteiger partial charge in [0.2, 0.25) is 15.9 Å². The first-order valence-corrected chi connectivity index (χ1v) is 10.5. The van der Waals surface area contributed by atoms with E-state index in [0.717, 1.165) is 12.8 Å². The summed E-state index contributed by atoms with van der Waals surface area (Å²) in [5.41, 5.74) is 0. The molecule has 0 bridgehead atoms. The van der Waals surface area contributed by atoms with Crippen LogP contribution in [0.5, 0.6) is 0 Å². The highest BCUT2D eigenvalue weighted by atomic mass is 35.5. The number of nitrogens with one attached hydrogen (secondary N) is 1. The van der Waals surface area contributed by atoms with Gasteiger partial charge in [0.05, 0.1) is 5.75 Å². The van der Waals surface area contributed by atoms with Crippen LogP contribution >= 0.6 is 11.6 Å². The SMILES string of the molecule is O=C(NC1CCCCCC1)C1CCN(S(=O)(=O)CCCl)CC1. The Hall–Kier alpha value is -0.330. The molecule has 0 spiro atoms. The van der Waals surface area contributed by atoms with E-state index < -0.39 is 10.0 Å². The van der Waals surface area contributed by atoms with Gasteiger partial charge in [-0.3, -0.25) is 4.79 Å². The van der Waals surface area contributed by atoms with E-state index in [4.69, 9.17) is 11.6 Å². The minimum atomic E-state index is -3.24. The van der Waals surface area contributed by atoms with Crippen LogP contribution in [0.3, 0.4) is 0 Å². The van der Waals surface area contributed by atoms with Crippen LogP contribution in [0.2, 0.25) is 0 Å². The summed E-state index contributed by atoms with van der Waals surface area (Å²) < 4.78 is 25.4. The lowest BCUT2D eigenvalue weighted by Gasteiger charge is -2.31. The highest BCUT2D eigenvalue weighted by molar-refractivity contribution is 7.89. The second-order valence-corrected chi connectivity index (χ2v) is 8.84. The number of rotatable bonds is 5. The van der Waals surface area contributed by atoms with Crippen LogP contribution in [0, 0.1) is 5.92 Å². The van der Waals surface area contributed by atoms with E-state index in [9.17, 15) is 13.2 Å². The molecule has 1 amide bonds. The molecule has 0 aromatic heterocycles. The average molecular weight is 351 g/mol. The number of carbonyl (C=O) groups is 1. The summed E-state index contributed by atoms with van der Waals surface area (Å²) in [6.45, 7) is 0.865. The van der Waals surface area contributed by atoms with Crippen LogP contribution < -0.4 is 5.32 Å². The van der Waals surface area contributed by atoms with Gasteiger partial charge in [-0.25, -0.2) is 12.7 Å². The fourth-order valence-corrected chi connectivity index (χ4v) is 5.17. The lowest BCUT2D eigenvalue weighted by molar-refractivity contribution is -0.126. The zero-order valence-corrected chi connectivity index (χ0v) is 14.7. The van der Waals surface area contributed by atoms with Gasteiger partial charge in [-0.15, -0.1) is 11.6 Å². The molecule has 1 saturated carbocycles. The van der Waals surface area contributed by atoms with E-state index in [0.29, 0.717) is 32.0 Å². The largest absolute Gasteiger partial charge is 0.353 e. The molecule has 5 nitrogen and oxygen atoms in total. The van der Waals surface area contributed by atoms with Gasteiger partial charge < -0.3 is 5.32 Å². The second-order valence-electron chi connectivity index (χ2n) is 6.38. The van der Waals surface area contributed by atoms with Crippen LogP contribution in [0.25, 0.3) is 0 Å². The Morgan fingerprint density at radius 1 is 1.05 bits per heavy atom. The molecule has 22 heavy (non-hydrogen) atoms. The summed E-state index contributed by atoms with van der Waals surface area (Å²) in [6, 6.07) is 0.313. The van der Waals surface area contributed by atoms with Gasteiger partial charge in [0, 0.05) is 30.9 Å². The Balaban J connectivity index is 1.79. The lowest BCUT2D eigenvalue weighted by atomic mass is 9.96. The van der Waals surface area contributed by atoms with Crippen LogP contribution in [0.15, 0.2) is 0 Å². The van der Waals surface area contributed by atoms with Gasteiger partial charge >= 0.3 is 0 Å². The second kappa shape index (κ2) is 8.50. The first-order valence-electron chi connectivity index (χ1n) is 8.37. The standard InChI is InChI=1S/C15H27ClN2O3S/c16-9-12-22(20,21)18-10-7-13(8-11-18)15(19)17-14-5-3-1-2-4-6-14/h13-14H,1-12H2,(H,17,19). The molecule has 7 heteroatoms. The Bertz CT molecular complexity index is 453. The first kappa shape index (κ1) is 18.0. The molecule has 0 aromatic rings. The highest BCUT2D eigenvalue weighted by Gasteiger charge is 2.31. The number of carbonyl (C=O) groups excluding carboxylic acids is 1. The third kappa shape index (κ3) is 5.10. The van der Waals surface area contributed by atoms with Crippen molar-refractivity contribution in [3.8, 4) is 0 Å². The summed E-state index contributed by atoms with van der Waals surface area (Å²) in [5, 5.41) is 3.18. The van der Waals surface area contributed by atoms with Crippen molar-refractivity contribution in [3.05, 3.63) is 0 Å². The molecule has 0 atom stereocenters. The zero-order chi connectivity index (χ0) is 16.0. The zero-order valence-electron chi connectivity index (χ0n) is 13.1. The van der Waals surface area contributed by atoms with Crippen molar-refractivity contribution in [3.63, 3.8) is 0 Å². The van der Waals surface area contributed by atoms with Crippen LogP contribution in [-0.2, 0) is 14.8 Å². The molecule has 1 saturated heterocycles. The van der Waals surface area contributed by atoms with E-state index in [1.165, 1.54) is 30.0 Å². The number of amides is 1. The quantitative estimate of drug-likeness (QED) is 0.610.